The van der Waals surface area contributed by atoms with E-state index in [2.05, 4.69) is 141 Å². The van der Waals surface area contributed by atoms with Crippen LogP contribution in [0.4, 0.5) is 5.69 Å². The highest BCUT2D eigenvalue weighted by atomic mass is 16.3. The first-order valence-corrected chi connectivity index (χ1v) is 19.2. The predicted octanol–water partition coefficient (Wildman–Crippen LogP) is 10.6. The van der Waals surface area contributed by atoms with Gasteiger partial charge in [-0.05, 0) is 127 Å². The number of anilines is 1. The number of fused-ring (bicyclic) bond motifs is 5. The van der Waals surface area contributed by atoms with E-state index in [4.69, 9.17) is 0 Å². The maximum atomic E-state index is 13.2. The third-order valence-corrected chi connectivity index (χ3v) is 15.1. The van der Waals surface area contributed by atoms with E-state index in [1.807, 2.05) is 0 Å². The number of hydrogen-bond acceptors (Lipinski definition) is 2. The minimum Gasteiger partial charge on any atom is -0.383 e. The van der Waals surface area contributed by atoms with Crippen molar-refractivity contribution in [1.29, 1.82) is 0 Å². The zero-order valence-corrected chi connectivity index (χ0v) is 30.6. The number of aliphatic hydroxyl groups is 1. The van der Waals surface area contributed by atoms with E-state index >= 15 is 0 Å². The van der Waals surface area contributed by atoms with Gasteiger partial charge in [0.05, 0.1) is 0 Å². The number of aromatic nitrogens is 1. The topological polar surface area (TPSA) is 27.4 Å². The number of benzene rings is 3. The Hall–Kier alpha value is -3.43. The van der Waals surface area contributed by atoms with E-state index in [1.165, 1.54) is 84.3 Å². The first-order valence-electron chi connectivity index (χ1n) is 19.2. The molecule has 3 nitrogen and oxygen atoms in total. The average molecular weight is 654 g/mol. The average Bonchev–Trinajstić information content (AvgIpc) is 3.39. The molecule has 0 unspecified atom stereocenters. The maximum absolute atomic E-state index is 13.2. The molecule has 3 heteroatoms. The van der Waals surface area contributed by atoms with Crippen LogP contribution in [0.3, 0.4) is 0 Å². The molecule has 4 fully saturated rings. The molecule has 8 rings (SSSR count). The molecule has 0 radical (unpaired) electrons. The molecule has 3 aromatic carbocycles. The van der Waals surface area contributed by atoms with E-state index in [0.717, 1.165) is 31.1 Å². The van der Waals surface area contributed by atoms with Gasteiger partial charge in [-0.15, -0.1) is 0 Å². The van der Waals surface area contributed by atoms with Crippen molar-refractivity contribution in [1.82, 2.24) is 0 Å². The Kier molecular flexibility index (Phi) is 8.10. The molecule has 1 heterocycles. The summed E-state index contributed by atoms with van der Waals surface area (Å²) in [6, 6.07) is 35.4. The van der Waals surface area contributed by atoms with Gasteiger partial charge in [0.25, 0.3) is 0 Å². The Morgan fingerprint density at radius 1 is 0.612 bits per heavy atom. The molecule has 256 valence electrons. The molecule has 4 aliphatic carbocycles. The van der Waals surface area contributed by atoms with Gasteiger partial charge >= 0.3 is 0 Å². The smallest absolute Gasteiger partial charge is 0.213 e. The molecular formula is C46H57N2O+. The zero-order valence-electron chi connectivity index (χ0n) is 30.6. The lowest BCUT2D eigenvalue weighted by Gasteiger charge is -2.65. The van der Waals surface area contributed by atoms with Crippen LogP contribution in [-0.2, 0) is 6.54 Å². The van der Waals surface area contributed by atoms with Gasteiger partial charge in [-0.1, -0.05) is 82.1 Å². The summed E-state index contributed by atoms with van der Waals surface area (Å²) in [4.78, 5) is 2.15. The van der Waals surface area contributed by atoms with Crippen molar-refractivity contribution in [2.75, 3.05) is 19.0 Å². The first-order chi connectivity index (χ1) is 23.6. The summed E-state index contributed by atoms with van der Waals surface area (Å²) in [6.45, 7) is 8.41. The van der Waals surface area contributed by atoms with Crippen molar-refractivity contribution in [3.63, 3.8) is 0 Å². The summed E-state index contributed by atoms with van der Waals surface area (Å²) in [6.07, 6.45) is 12.8. The zero-order chi connectivity index (χ0) is 34.0. The van der Waals surface area contributed by atoms with Crippen LogP contribution in [0.15, 0.2) is 97.1 Å². The lowest BCUT2D eigenvalue weighted by atomic mass is 9.40. The van der Waals surface area contributed by atoms with Gasteiger partial charge < -0.3 is 10.0 Å². The van der Waals surface area contributed by atoms with Crippen LogP contribution < -0.4 is 9.47 Å². The fourth-order valence-electron chi connectivity index (χ4n) is 11.8. The number of rotatable bonds is 6. The minimum atomic E-state index is -0.774. The Morgan fingerprint density at radius 2 is 1.18 bits per heavy atom. The molecule has 0 saturated heterocycles. The molecule has 0 amide bonds. The monoisotopic (exact) mass is 653 g/mol. The second kappa shape index (κ2) is 12.1. The SMILES string of the molecule is CN(C)c1ccc(-c2cc(-c3ccccc3)[n+](C[C@@]3(O)CC[C@@H]4[C@@H]5CC[C@@]6(C)CCCC[C@]6(C)[C@@H]5CC[C@]43C)c(-c3ccccc3)c2)cc1. The Balaban J connectivity index is 1.22. The summed E-state index contributed by atoms with van der Waals surface area (Å²) in [5, 5.41) is 13.2. The van der Waals surface area contributed by atoms with Gasteiger partial charge in [-0.2, -0.15) is 4.57 Å². The molecule has 4 aliphatic rings. The second-order valence-electron chi connectivity index (χ2n) is 17.4. The van der Waals surface area contributed by atoms with Crippen molar-refractivity contribution < 1.29 is 9.67 Å². The standard InChI is InChI=1S/C46H57N2O/c1-43-25-12-13-26-44(43,2)39-23-28-45(3)40(38(39)22-27-43)24-29-46(45,49)32-48-41(34-14-8-6-9-15-34)30-36(31-42(48)35-16-10-7-11-17-35)33-18-20-37(21-19-33)47(4)5/h6-11,14-21,30-31,38-40,49H,12-13,22-29,32H2,1-5H3/q+1/t38-,39-,40-,43-,44-,45-,46+/m1/s1. The van der Waals surface area contributed by atoms with Crippen LogP contribution in [0.25, 0.3) is 33.6 Å². The largest absolute Gasteiger partial charge is 0.383 e. The summed E-state index contributed by atoms with van der Waals surface area (Å²) >= 11 is 0. The number of hydrogen-bond donors (Lipinski definition) is 1. The quantitative estimate of drug-likeness (QED) is 0.210. The van der Waals surface area contributed by atoms with Gasteiger partial charge in [0, 0.05) is 48.5 Å². The van der Waals surface area contributed by atoms with Crippen LogP contribution in [0.1, 0.15) is 85.0 Å². The lowest BCUT2D eigenvalue weighted by molar-refractivity contribution is -0.692. The molecular weight excluding hydrogens is 597 g/mol. The predicted molar refractivity (Wildman–Crippen MR) is 203 cm³/mol. The van der Waals surface area contributed by atoms with Crippen LogP contribution in [0.5, 0.6) is 0 Å². The summed E-state index contributed by atoms with van der Waals surface area (Å²) < 4.78 is 2.49. The lowest BCUT2D eigenvalue weighted by Crippen LogP contribution is -2.61. The summed E-state index contributed by atoms with van der Waals surface area (Å²) in [5.74, 6) is 2.14. The van der Waals surface area contributed by atoms with Crippen molar-refractivity contribution in [3.05, 3.63) is 97.1 Å². The summed E-state index contributed by atoms with van der Waals surface area (Å²) in [7, 11) is 4.18. The van der Waals surface area contributed by atoms with E-state index in [9.17, 15) is 5.11 Å². The van der Waals surface area contributed by atoms with Gasteiger partial charge in [-0.25, -0.2) is 0 Å². The fraction of sp³-hybridized carbons (Fsp3) is 0.500. The van der Waals surface area contributed by atoms with Gasteiger partial charge in [0.1, 0.15) is 5.60 Å². The molecule has 7 atom stereocenters. The highest BCUT2D eigenvalue weighted by molar-refractivity contribution is 5.74. The molecule has 0 aliphatic heterocycles. The molecule has 4 saturated carbocycles. The Labute approximate surface area is 295 Å². The van der Waals surface area contributed by atoms with E-state index in [-0.39, 0.29) is 5.41 Å². The summed E-state index contributed by atoms with van der Waals surface area (Å²) in [5.41, 5.74) is 8.41. The molecule has 1 aromatic heterocycles. The second-order valence-corrected chi connectivity index (χ2v) is 17.4. The third kappa shape index (κ3) is 5.21. The van der Waals surface area contributed by atoms with Gasteiger partial charge in [-0.3, -0.25) is 0 Å². The van der Waals surface area contributed by atoms with Crippen molar-refractivity contribution >= 4 is 5.69 Å². The Bertz CT molecular complexity index is 1740. The normalized spacial score (nSPS) is 33.7. The van der Waals surface area contributed by atoms with E-state index in [0.29, 0.717) is 23.3 Å². The fourth-order valence-corrected chi connectivity index (χ4v) is 11.8. The van der Waals surface area contributed by atoms with Crippen LogP contribution in [-0.4, -0.2) is 24.8 Å². The highest BCUT2D eigenvalue weighted by Gasteiger charge is 2.67. The van der Waals surface area contributed by atoms with Crippen molar-refractivity contribution in [2.45, 2.75) is 97.1 Å². The minimum absolute atomic E-state index is 0.0947. The maximum Gasteiger partial charge on any atom is 0.213 e. The van der Waals surface area contributed by atoms with Crippen LogP contribution in [0, 0.1) is 34.0 Å². The molecule has 1 N–H and O–H groups in total. The van der Waals surface area contributed by atoms with Crippen LogP contribution in [0.2, 0.25) is 0 Å². The van der Waals surface area contributed by atoms with Gasteiger partial charge in [0.15, 0.2) is 6.54 Å². The first kappa shape index (κ1) is 32.8. The third-order valence-electron chi connectivity index (χ3n) is 15.1. The Morgan fingerprint density at radius 3 is 1.80 bits per heavy atom. The highest BCUT2D eigenvalue weighted by Crippen LogP contribution is 2.71. The van der Waals surface area contributed by atoms with E-state index in [1.54, 1.807) is 0 Å². The van der Waals surface area contributed by atoms with E-state index < -0.39 is 5.60 Å². The van der Waals surface area contributed by atoms with Crippen LogP contribution >= 0.6 is 0 Å². The van der Waals surface area contributed by atoms with Gasteiger partial charge in [0.2, 0.25) is 11.4 Å². The molecule has 4 aromatic rings. The number of pyridine rings is 1. The molecule has 0 spiro atoms. The molecule has 0 bridgehead atoms. The number of nitrogens with zero attached hydrogens (tertiary/aromatic N) is 2. The molecule has 49 heavy (non-hydrogen) atoms. The van der Waals surface area contributed by atoms with Crippen molar-refractivity contribution in [3.8, 4) is 33.6 Å². The van der Waals surface area contributed by atoms with Crippen molar-refractivity contribution in [2.24, 2.45) is 34.0 Å².